The van der Waals surface area contributed by atoms with Gasteiger partial charge in [-0.15, -0.1) is 0 Å². The number of benzene rings is 1. The van der Waals surface area contributed by atoms with Crippen molar-refractivity contribution in [2.45, 2.75) is 52.5 Å². The largest absolute Gasteiger partial charge is 0.361 e. The summed E-state index contributed by atoms with van der Waals surface area (Å²) in [7, 11) is -3.34. The molecule has 8 heteroatoms. The van der Waals surface area contributed by atoms with Crippen molar-refractivity contribution in [3.05, 3.63) is 52.4 Å². The van der Waals surface area contributed by atoms with Crippen LogP contribution < -0.4 is 10.0 Å². The first-order chi connectivity index (χ1) is 12.2. The fourth-order valence-electron chi connectivity index (χ4n) is 2.55. The lowest BCUT2D eigenvalue weighted by atomic mass is 10.1. The van der Waals surface area contributed by atoms with E-state index < -0.39 is 10.0 Å². The molecule has 7 nitrogen and oxygen atoms in total. The number of carbonyl (C=O) groups is 1. The fraction of sp³-hybridized carbons (Fsp3) is 0.444. The number of nitrogens with zero attached hydrogens (tertiary/aromatic N) is 1. The van der Waals surface area contributed by atoms with Crippen LogP contribution in [0.2, 0.25) is 0 Å². The number of hydrogen-bond donors (Lipinski definition) is 2. The van der Waals surface area contributed by atoms with Crippen molar-refractivity contribution in [1.82, 2.24) is 15.2 Å². The van der Waals surface area contributed by atoms with Crippen LogP contribution in [0.1, 0.15) is 42.0 Å². The molecule has 0 saturated carbocycles. The molecule has 1 amide bonds. The second-order valence-corrected chi connectivity index (χ2v) is 8.36. The van der Waals surface area contributed by atoms with Gasteiger partial charge in [-0.25, -0.2) is 13.1 Å². The topological polar surface area (TPSA) is 101 Å². The molecule has 0 aliphatic carbocycles. The van der Waals surface area contributed by atoms with Gasteiger partial charge in [0.2, 0.25) is 15.9 Å². The maximum Gasteiger partial charge on any atom is 0.224 e. The smallest absolute Gasteiger partial charge is 0.224 e. The Bertz CT molecular complexity index is 836. The molecule has 142 valence electrons. The molecule has 1 aromatic heterocycles. The Balaban J connectivity index is 1.88. The number of aryl methyl sites for hydroxylation is 2. The standard InChI is InChI=1S/C18H25N3O4S/c1-12(2)21-26(23,24)11-16-7-5-15(6-8-16)10-19-18(22)9-17-13(3)20-25-14(17)4/h5-8,12,21H,9-11H2,1-4H3,(H,19,22). The van der Waals surface area contributed by atoms with Crippen LogP contribution >= 0.6 is 0 Å². The zero-order chi connectivity index (χ0) is 19.3. The van der Waals surface area contributed by atoms with Gasteiger partial charge < -0.3 is 9.84 Å². The summed E-state index contributed by atoms with van der Waals surface area (Å²) in [4.78, 5) is 12.1. The number of sulfonamides is 1. The molecule has 0 bridgehead atoms. The van der Waals surface area contributed by atoms with Gasteiger partial charge >= 0.3 is 0 Å². The van der Waals surface area contributed by atoms with Crippen LogP contribution in [-0.2, 0) is 33.5 Å². The summed E-state index contributed by atoms with van der Waals surface area (Å²) in [5, 5.41) is 6.68. The Labute approximate surface area is 154 Å². The van der Waals surface area contributed by atoms with E-state index in [1.807, 2.05) is 12.1 Å². The molecular weight excluding hydrogens is 354 g/mol. The van der Waals surface area contributed by atoms with Gasteiger partial charge in [0.25, 0.3) is 0 Å². The highest BCUT2D eigenvalue weighted by molar-refractivity contribution is 7.88. The van der Waals surface area contributed by atoms with E-state index in [4.69, 9.17) is 4.52 Å². The van der Waals surface area contributed by atoms with Gasteiger partial charge in [-0.2, -0.15) is 0 Å². The summed E-state index contributed by atoms with van der Waals surface area (Å²) in [6.45, 7) is 7.53. The molecule has 0 atom stereocenters. The van der Waals surface area contributed by atoms with Crippen LogP contribution in [-0.4, -0.2) is 25.5 Å². The average molecular weight is 379 g/mol. The van der Waals surface area contributed by atoms with E-state index >= 15 is 0 Å². The van der Waals surface area contributed by atoms with Gasteiger partial charge in [0, 0.05) is 18.2 Å². The minimum atomic E-state index is -3.34. The molecule has 1 heterocycles. The van der Waals surface area contributed by atoms with Crippen molar-refractivity contribution in [2.75, 3.05) is 0 Å². The number of rotatable bonds is 8. The highest BCUT2D eigenvalue weighted by Gasteiger charge is 2.14. The van der Waals surface area contributed by atoms with E-state index in [1.165, 1.54) is 0 Å². The molecule has 0 saturated heterocycles. The van der Waals surface area contributed by atoms with Crippen molar-refractivity contribution >= 4 is 15.9 Å². The molecule has 2 rings (SSSR count). The quantitative estimate of drug-likeness (QED) is 0.730. The summed E-state index contributed by atoms with van der Waals surface area (Å²) in [5.41, 5.74) is 3.12. The van der Waals surface area contributed by atoms with Gasteiger partial charge in [0.15, 0.2) is 0 Å². The van der Waals surface area contributed by atoms with Crippen LogP contribution in [0, 0.1) is 13.8 Å². The third-order valence-corrected chi connectivity index (χ3v) is 5.35. The van der Waals surface area contributed by atoms with Crippen molar-refractivity contribution in [1.29, 1.82) is 0 Å². The summed E-state index contributed by atoms with van der Waals surface area (Å²) in [5.74, 6) is 0.467. The summed E-state index contributed by atoms with van der Waals surface area (Å²) in [6, 6.07) is 7.02. The molecule has 0 spiro atoms. The minimum absolute atomic E-state index is 0.0656. The van der Waals surface area contributed by atoms with Gasteiger partial charge in [0.1, 0.15) is 5.76 Å². The van der Waals surface area contributed by atoms with Gasteiger partial charge in [-0.1, -0.05) is 29.4 Å². The second-order valence-electron chi connectivity index (χ2n) is 6.60. The molecule has 0 unspecified atom stereocenters. The average Bonchev–Trinajstić information content (AvgIpc) is 2.84. The molecule has 26 heavy (non-hydrogen) atoms. The van der Waals surface area contributed by atoms with Gasteiger partial charge in [-0.3, -0.25) is 4.79 Å². The van der Waals surface area contributed by atoms with Crippen LogP contribution in [0.15, 0.2) is 28.8 Å². The molecular formula is C18H25N3O4S. The Morgan fingerprint density at radius 2 is 1.77 bits per heavy atom. The van der Waals surface area contributed by atoms with E-state index in [0.29, 0.717) is 17.9 Å². The zero-order valence-corrected chi connectivity index (χ0v) is 16.3. The second kappa shape index (κ2) is 8.46. The maximum absolute atomic E-state index is 12.1. The van der Waals surface area contributed by atoms with E-state index in [-0.39, 0.29) is 24.1 Å². The number of amides is 1. The summed E-state index contributed by atoms with van der Waals surface area (Å²) in [6.07, 6.45) is 0.221. The number of hydrogen-bond acceptors (Lipinski definition) is 5. The maximum atomic E-state index is 12.1. The van der Waals surface area contributed by atoms with Crippen molar-refractivity contribution in [3.63, 3.8) is 0 Å². The van der Waals surface area contributed by atoms with E-state index in [9.17, 15) is 13.2 Å². The lowest BCUT2D eigenvalue weighted by Crippen LogP contribution is -2.31. The van der Waals surface area contributed by atoms with Gasteiger partial charge in [-0.05, 0) is 38.8 Å². The molecule has 1 aromatic carbocycles. The van der Waals surface area contributed by atoms with Crippen LogP contribution in [0.5, 0.6) is 0 Å². The monoisotopic (exact) mass is 379 g/mol. The Kier molecular flexibility index (Phi) is 6.55. The lowest BCUT2D eigenvalue weighted by Gasteiger charge is -2.10. The third kappa shape index (κ3) is 5.96. The van der Waals surface area contributed by atoms with E-state index in [2.05, 4.69) is 15.2 Å². The van der Waals surface area contributed by atoms with Gasteiger partial charge in [0.05, 0.1) is 17.9 Å². The zero-order valence-electron chi connectivity index (χ0n) is 15.5. The van der Waals surface area contributed by atoms with Crippen LogP contribution in [0.3, 0.4) is 0 Å². The first kappa shape index (κ1) is 20.1. The number of aromatic nitrogens is 1. The van der Waals surface area contributed by atoms with Crippen molar-refractivity contribution in [2.24, 2.45) is 0 Å². The molecule has 0 fully saturated rings. The summed E-state index contributed by atoms with van der Waals surface area (Å²) >= 11 is 0. The molecule has 2 aromatic rings. The Morgan fingerprint density at radius 3 is 2.31 bits per heavy atom. The highest BCUT2D eigenvalue weighted by Crippen LogP contribution is 2.13. The van der Waals surface area contributed by atoms with E-state index in [0.717, 1.165) is 16.8 Å². The van der Waals surface area contributed by atoms with Crippen LogP contribution in [0.4, 0.5) is 0 Å². The summed E-state index contributed by atoms with van der Waals surface area (Å²) < 4.78 is 31.5. The first-order valence-corrected chi connectivity index (χ1v) is 10.1. The Morgan fingerprint density at radius 1 is 1.15 bits per heavy atom. The minimum Gasteiger partial charge on any atom is -0.361 e. The predicted octanol–water partition coefficient (Wildman–Crippen LogP) is 1.98. The van der Waals surface area contributed by atoms with Crippen molar-refractivity contribution < 1.29 is 17.7 Å². The van der Waals surface area contributed by atoms with Crippen molar-refractivity contribution in [3.8, 4) is 0 Å². The molecule has 0 aliphatic heterocycles. The number of nitrogens with one attached hydrogen (secondary N) is 2. The number of carbonyl (C=O) groups excluding carboxylic acids is 1. The molecule has 0 radical (unpaired) electrons. The van der Waals surface area contributed by atoms with Crippen LogP contribution in [0.25, 0.3) is 0 Å². The van der Waals surface area contributed by atoms with E-state index in [1.54, 1.807) is 39.8 Å². The molecule has 2 N–H and O–H groups in total. The highest BCUT2D eigenvalue weighted by atomic mass is 32.2. The fourth-order valence-corrected chi connectivity index (χ4v) is 3.98. The molecule has 0 aliphatic rings. The lowest BCUT2D eigenvalue weighted by molar-refractivity contribution is -0.120. The SMILES string of the molecule is Cc1noc(C)c1CC(=O)NCc1ccc(CS(=O)(=O)NC(C)C)cc1. The predicted molar refractivity (Wildman–Crippen MR) is 98.9 cm³/mol. The third-order valence-electron chi connectivity index (χ3n) is 3.80. The normalized spacial score (nSPS) is 11.7. The Hall–Kier alpha value is -2.19. The first-order valence-electron chi connectivity index (χ1n) is 8.42.